The highest BCUT2D eigenvalue weighted by Gasteiger charge is 2.19. The molecule has 4 rings (SSSR count). The van der Waals surface area contributed by atoms with Crippen molar-refractivity contribution in [3.8, 4) is 11.4 Å². The van der Waals surface area contributed by atoms with Crippen molar-refractivity contribution in [2.45, 2.75) is 5.16 Å². The van der Waals surface area contributed by atoms with Crippen LogP contribution in [0.1, 0.15) is 10.5 Å². The first-order chi connectivity index (χ1) is 13.7. The maximum Gasteiger partial charge on any atom is 0.274 e. The van der Waals surface area contributed by atoms with E-state index in [1.54, 1.807) is 33.8 Å². The summed E-state index contributed by atoms with van der Waals surface area (Å²) >= 11 is 1.40. The summed E-state index contributed by atoms with van der Waals surface area (Å²) in [5, 5.41) is 7.79. The van der Waals surface area contributed by atoms with Crippen LogP contribution in [0.25, 0.3) is 11.4 Å². The van der Waals surface area contributed by atoms with E-state index in [-0.39, 0.29) is 11.7 Å². The molecule has 2 aromatic heterocycles. The molecule has 0 aliphatic carbocycles. The molecule has 0 bridgehead atoms. The van der Waals surface area contributed by atoms with Gasteiger partial charge in [-0.3, -0.25) is 9.36 Å². The molecular weight excluding hydrogens is 377 g/mol. The highest BCUT2D eigenvalue weighted by molar-refractivity contribution is 7.98. The van der Waals surface area contributed by atoms with Crippen molar-refractivity contribution >= 4 is 23.4 Å². The van der Waals surface area contributed by atoms with Crippen LogP contribution in [0.15, 0.2) is 78.3 Å². The molecule has 0 spiro atoms. The molecule has 2 heterocycles. The quantitative estimate of drug-likeness (QED) is 0.517. The average molecular weight is 393 g/mol. The third-order valence-electron chi connectivity index (χ3n) is 4.13. The molecule has 0 saturated heterocycles. The Morgan fingerprint density at radius 3 is 2.61 bits per heavy atom. The van der Waals surface area contributed by atoms with Gasteiger partial charge in [-0.15, -0.1) is 0 Å². The minimum Gasteiger partial charge on any atom is -0.319 e. The largest absolute Gasteiger partial charge is 0.319 e. The van der Waals surface area contributed by atoms with Crippen LogP contribution < -0.4 is 5.32 Å². The van der Waals surface area contributed by atoms with E-state index in [9.17, 15) is 9.18 Å². The number of carbonyl (C=O) groups is 1. The van der Waals surface area contributed by atoms with Gasteiger partial charge in [0.15, 0.2) is 5.16 Å². The SMILES string of the molecule is CSc1ncc(C(=O)Nc2ccccc2-n2cccn2)n1-c1ccc(F)cc1. The first-order valence-corrected chi connectivity index (χ1v) is 9.68. The number of nitrogens with one attached hydrogen (secondary N) is 1. The zero-order chi connectivity index (χ0) is 19.5. The highest BCUT2D eigenvalue weighted by atomic mass is 32.2. The van der Waals surface area contributed by atoms with Crippen LogP contribution in [0.2, 0.25) is 0 Å². The van der Waals surface area contributed by atoms with E-state index in [1.807, 2.05) is 36.6 Å². The van der Waals surface area contributed by atoms with Gasteiger partial charge in [0.2, 0.25) is 0 Å². The third kappa shape index (κ3) is 3.41. The number of thioether (sulfide) groups is 1. The van der Waals surface area contributed by atoms with E-state index in [1.165, 1.54) is 30.1 Å². The van der Waals surface area contributed by atoms with Crippen LogP contribution in [-0.2, 0) is 0 Å². The van der Waals surface area contributed by atoms with Crippen molar-refractivity contribution in [1.29, 1.82) is 0 Å². The predicted molar refractivity (Wildman–Crippen MR) is 107 cm³/mol. The van der Waals surface area contributed by atoms with Gasteiger partial charge < -0.3 is 5.32 Å². The lowest BCUT2D eigenvalue weighted by molar-refractivity contribution is 0.102. The minimum absolute atomic E-state index is 0.322. The Morgan fingerprint density at radius 2 is 1.89 bits per heavy atom. The van der Waals surface area contributed by atoms with Crippen LogP contribution in [0, 0.1) is 5.82 Å². The Labute approximate surface area is 165 Å². The summed E-state index contributed by atoms with van der Waals surface area (Å²) < 4.78 is 16.7. The highest BCUT2D eigenvalue weighted by Crippen LogP contribution is 2.24. The fourth-order valence-corrected chi connectivity index (χ4v) is 3.40. The molecule has 1 N–H and O–H groups in total. The Balaban J connectivity index is 1.71. The van der Waals surface area contributed by atoms with Gasteiger partial charge in [-0.25, -0.2) is 14.1 Å². The Bertz CT molecular complexity index is 1110. The van der Waals surface area contributed by atoms with Crippen molar-refractivity contribution in [2.75, 3.05) is 11.6 Å². The molecule has 28 heavy (non-hydrogen) atoms. The second kappa shape index (κ2) is 7.69. The molecule has 140 valence electrons. The van der Waals surface area contributed by atoms with E-state index in [2.05, 4.69) is 15.4 Å². The smallest absolute Gasteiger partial charge is 0.274 e. The summed E-state index contributed by atoms with van der Waals surface area (Å²) in [4.78, 5) is 17.4. The molecular formula is C20H16FN5OS. The fraction of sp³-hybridized carbons (Fsp3) is 0.0500. The Morgan fingerprint density at radius 1 is 1.11 bits per heavy atom. The Hall–Kier alpha value is -3.39. The molecule has 2 aromatic carbocycles. The molecule has 8 heteroatoms. The van der Waals surface area contributed by atoms with Crippen molar-refractivity contribution < 1.29 is 9.18 Å². The number of amides is 1. The fourth-order valence-electron chi connectivity index (χ4n) is 2.86. The van der Waals surface area contributed by atoms with E-state index >= 15 is 0 Å². The zero-order valence-electron chi connectivity index (χ0n) is 14.9. The van der Waals surface area contributed by atoms with Crippen LogP contribution in [0.4, 0.5) is 10.1 Å². The van der Waals surface area contributed by atoms with Gasteiger partial charge >= 0.3 is 0 Å². The van der Waals surface area contributed by atoms with E-state index in [0.717, 1.165) is 5.69 Å². The molecule has 0 atom stereocenters. The van der Waals surface area contributed by atoms with Crippen molar-refractivity contribution in [3.63, 3.8) is 0 Å². The van der Waals surface area contributed by atoms with Gasteiger partial charge in [0, 0.05) is 18.1 Å². The number of imidazole rings is 1. The number of hydrogen-bond donors (Lipinski definition) is 1. The Kier molecular flexibility index (Phi) is 4.94. The number of anilines is 1. The first-order valence-electron chi connectivity index (χ1n) is 8.45. The third-order valence-corrected chi connectivity index (χ3v) is 4.79. The number of benzene rings is 2. The number of rotatable bonds is 5. The van der Waals surface area contributed by atoms with Crippen LogP contribution in [0.3, 0.4) is 0 Å². The van der Waals surface area contributed by atoms with Gasteiger partial charge in [0.1, 0.15) is 11.5 Å². The summed E-state index contributed by atoms with van der Waals surface area (Å²) in [7, 11) is 0. The number of aromatic nitrogens is 4. The molecule has 0 radical (unpaired) electrons. The molecule has 0 aliphatic rings. The standard InChI is InChI=1S/C20H16FN5OS/c1-28-20-22-13-18(26(20)15-9-7-14(21)8-10-15)19(27)24-16-5-2-3-6-17(16)25-12-4-11-23-25/h2-13H,1H3,(H,24,27). The topological polar surface area (TPSA) is 64.7 Å². The second-order valence-electron chi connectivity index (χ2n) is 5.86. The lowest BCUT2D eigenvalue weighted by Gasteiger charge is -2.13. The number of nitrogens with zero attached hydrogens (tertiary/aromatic N) is 4. The summed E-state index contributed by atoms with van der Waals surface area (Å²) in [6.45, 7) is 0. The van der Waals surface area contributed by atoms with Crippen LogP contribution in [-0.4, -0.2) is 31.5 Å². The van der Waals surface area contributed by atoms with E-state index in [4.69, 9.17) is 0 Å². The van der Waals surface area contributed by atoms with Crippen LogP contribution in [0.5, 0.6) is 0 Å². The molecule has 6 nitrogen and oxygen atoms in total. The molecule has 1 amide bonds. The first kappa shape index (κ1) is 18.0. The number of carbonyl (C=O) groups excluding carboxylic acids is 1. The second-order valence-corrected chi connectivity index (χ2v) is 6.64. The van der Waals surface area contributed by atoms with Gasteiger partial charge in [-0.2, -0.15) is 5.10 Å². The minimum atomic E-state index is -0.339. The monoisotopic (exact) mass is 393 g/mol. The average Bonchev–Trinajstić information content (AvgIpc) is 3.39. The molecule has 0 saturated carbocycles. The summed E-state index contributed by atoms with van der Waals surface area (Å²) in [5.41, 5.74) is 2.38. The number of para-hydroxylation sites is 2. The lowest BCUT2D eigenvalue weighted by atomic mass is 10.2. The van der Waals surface area contributed by atoms with Gasteiger partial charge in [-0.05, 0) is 48.7 Å². The molecule has 4 aromatic rings. The van der Waals surface area contributed by atoms with E-state index in [0.29, 0.717) is 22.2 Å². The van der Waals surface area contributed by atoms with Crippen molar-refractivity contribution in [2.24, 2.45) is 0 Å². The summed E-state index contributed by atoms with van der Waals surface area (Å²) in [6, 6.07) is 15.1. The normalized spacial score (nSPS) is 10.8. The zero-order valence-corrected chi connectivity index (χ0v) is 15.7. The lowest BCUT2D eigenvalue weighted by Crippen LogP contribution is -2.18. The molecule has 0 unspecified atom stereocenters. The summed E-state index contributed by atoms with van der Waals surface area (Å²) in [6.07, 6.45) is 6.87. The van der Waals surface area contributed by atoms with Gasteiger partial charge in [0.05, 0.1) is 17.6 Å². The van der Waals surface area contributed by atoms with Crippen LogP contribution >= 0.6 is 11.8 Å². The number of halogens is 1. The van der Waals surface area contributed by atoms with Gasteiger partial charge in [-0.1, -0.05) is 23.9 Å². The van der Waals surface area contributed by atoms with E-state index < -0.39 is 0 Å². The summed E-state index contributed by atoms with van der Waals surface area (Å²) in [5.74, 6) is -0.662. The molecule has 0 fully saturated rings. The maximum absolute atomic E-state index is 13.3. The number of hydrogen-bond acceptors (Lipinski definition) is 4. The maximum atomic E-state index is 13.3. The van der Waals surface area contributed by atoms with Crippen molar-refractivity contribution in [1.82, 2.24) is 19.3 Å². The van der Waals surface area contributed by atoms with Gasteiger partial charge in [0.25, 0.3) is 5.91 Å². The van der Waals surface area contributed by atoms with Crippen molar-refractivity contribution in [3.05, 3.63) is 84.7 Å². The molecule has 0 aliphatic heterocycles. The predicted octanol–water partition coefficient (Wildman–Crippen LogP) is 4.17.